The molecule has 5 nitrogen and oxygen atoms in total. The van der Waals surface area contributed by atoms with Gasteiger partial charge in [-0.1, -0.05) is 0 Å². The highest BCUT2D eigenvalue weighted by atomic mass is 16.6. The van der Waals surface area contributed by atoms with E-state index in [4.69, 9.17) is 10.5 Å². The molecule has 1 fully saturated rings. The lowest BCUT2D eigenvalue weighted by Crippen LogP contribution is -2.30. The van der Waals surface area contributed by atoms with E-state index in [9.17, 15) is 4.79 Å². The number of aromatic nitrogens is 1. The zero-order valence-electron chi connectivity index (χ0n) is 12.5. The van der Waals surface area contributed by atoms with Crippen LogP contribution in [0, 0.1) is 0 Å². The third kappa shape index (κ3) is 3.62. The van der Waals surface area contributed by atoms with E-state index in [1.165, 1.54) is 19.3 Å². The van der Waals surface area contributed by atoms with Crippen LogP contribution in [-0.2, 0) is 4.74 Å². The summed E-state index contributed by atoms with van der Waals surface area (Å²) in [5, 5.41) is 0. The minimum atomic E-state index is -0.529. The average Bonchev–Trinajstić information content (AvgIpc) is 2.37. The molecule has 2 N–H and O–H groups in total. The molecule has 0 bridgehead atoms. The van der Waals surface area contributed by atoms with Crippen LogP contribution < -0.4 is 10.6 Å². The van der Waals surface area contributed by atoms with Crippen LogP contribution in [-0.4, -0.2) is 29.6 Å². The highest BCUT2D eigenvalue weighted by Crippen LogP contribution is 2.26. The molecule has 2 heterocycles. The lowest BCUT2D eigenvalue weighted by atomic mass is 10.1. The zero-order chi connectivity index (χ0) is 14.8. The van der Waals surface area contributed by atoms with Crippen molar-refractivity contribution >= 4 is 17.3 Å². The topological polar surface area (TPSA) is 68.5 Å². The Morgan fingerprint density at radius 3 is 2.50 bits per heavy atom. The number of hydrogen-bond acceptors (Lipinski definition) is 5. The van der Waals surface area contributed by atoms with Gasteiger partial charge in [0.2, 0.25) is 0 Å². The third-order valence-electron chi connectivity index (χ3n) is 3.22. The van der Waals surface area contributed by atoms with Crippen molar-refractivity contribution in [3.63, 3.8) is 0 Å². The molecule has 1 aliphatic heterocycles. The van der Waals surface area contributed by atoms with Gasteiger partial charge in [-0.2, -0.15) is 0 Å². The molecule has 1 aliphatic rings. The number of nitrogens with zero attached hydrogens (tertiary/aromatic N) is 2. The summed E-state index contributed by atoms with van der Waals surface area (Å²) in [5.41, 5.74) is 7.30. The highest BCUT2D eigenvalue weighted by molar-refractivity contribution is 5.89. The van der Waals surface area contributed by atoms with Crippen molar-refractivity contribution in [2.45, 2.75) is 45.6 Å². The molecular weight excluding hydrogens is 254 g/mol. The SMILES string of the molecule is CC(C)(C)OC(=O)c1cc(N)c(N2CCCCC2)cn1. The van der Waals surface area contributed by atoms with Crippen LogP contribution in [0.25, 0.3) is 0 Å². The van der Waals surface area contributed by atoms with Crippen molar-refractivity contribution in [1.82, 2.24) is 4.98 Å². The number of esters is 1. The molecule has 0 aromatic carbocycles. The molecule has 0 atom stereocenters. The van der Waals surface area contributed by atoms with Crippen molar-refractivity contribution in [2.75, 3.05) is 23.7 Å². The van der Waals surface area contributed by atoms with Crippen LogP contribution in [0.4, 0.5) is 11.4 Å². The van der Waals surface area contributed by atoms with Crippen molar-refractivity contribution < 1.29 is 9.53 Å². The maximum atomic E-state index is 11.9. The molecule has 110 valence electrons. The summed E-state index contributed by atoms with van der Waals surface area (Å²) in [6.45, 7) is 7.48. The normalized spacial score (nSPS) is 16.1. The zero-order valence-corrected chi connectivity index (χ0v) is 12.5. The summed E-state index contributed by atoms with van der Waals surface area (Å²) in [7, 11) is 0. The number of piperidine rings is 1. The quantitative estimate of drug-likeness (QED) is 0.842. The van der Waals surface area contributed by atoms with Gasteiger partial charge >= 0.3 is 5.97 Å². The van der Waals surface area contributed by atoms with Crippen LogP contribution in [0.3, 0.4) is 0 Å². The van der Waals surface area contributed by atoms with E-state index in [1.54, 1.807) is 12.3 Å². The van der Waals surface area contributed by atoms with Crippen LogP contribution >= 0.6 is 0 Å². The molecule has 0 saturated carbocycles. The van der Waals surface area contributed by atoms with E-state index in [1.807, 2.05) is 20.8 Å². The summed E-state index contributed by atoms with van der Waals surface area (Å²) >= 11 is 0. The molecule has 0 radical (unpaired) electrons. The van der Waals surface area contributed by atoms with Crippen LogP contribution in [0.15, 0.2) is 12.3 Å². The minimum Gasteiger partial charge on any atom is -0.455 e. The maximum absolute atomic E-state index is 11.9. The van der Waals surface area contributed by atoms with Crippen molar-refractivity contribution in [3.8, 4) is 0 Å². The molecule has 5 heteroatoms. The van der Waals surface area contributed by atoms with E-state index in [0.29, 0.717) is 5.69 Å². The van der Waals surface area contributed by atoms with Gasteiger partial charge in [-0.3, -0.25) is 0 Å². The third-order valence-corrected chi connectivity index (χ3v) is 3.22. The minimum absolute atomic E-state index is 0.262. The average molecular weight is 277 g/mol. The van der Waals surface area contributed by atoms with Gasteiger partial charge in [-0.25, -0.2) is 9.78 Å². The predicted molar refractivity (Wildman–Crippen MR) is 79.9 cm³/mol. The van der Waals surface area contributed by atoms with E-state index in [0.717, 1.165) is 18.8 Å². The fourth-order valence-corrected chi connectivity index (χ4v) is 2.30. The largest absolute Gasteiger partial charge is 0.455 e. The van der Waals surface area contributed by atoms with Crippen LogP contribution in [0.2, 0.25) is 0 Å². The van der Waals surface area contributed by atoms with Gasteiger partial charge in [0.1, 0.15) is 5.60 Å². The summed E-state index contributed by atoms with van der Waals surface area (Å²) < 4.78 is 5.29. The van der Waals surface area contributed by atoms with E-state index in [-0.39, 0.29) is 5.69 Å². The molecule has 1 aromatic heterocycles. The molecule has 0 amide bonds. The number of hydrogen-bond donors (Lipinski definition) is 1. The second kappa shape index (κ2) is 5.69. The highest BCUT2D eigenvalue weighted by Gasteiger charge is 2.21. The van der Waals surface area contributed by atoms with Crippen molar-refractivity contribution in [2.24, 2.45) is 0 Å². The smallest absolute Gasteiger partial charge is 0.357 e. The van der Waals surface area contributed by atoms with Gasteiger partial charge in [0.15, 0.2) is 5.69 Å². The van der Waals surface area contributed by atoms with Gasteiger partial charge in [0.05, 0.1) is 17.6 Å². The first-order chi connectivity index (χ1) is 9.37. The van der Waals surface area contributed by atoms with Gasteiger partial charge in [-0.15, -0.1) is 0 Å². The summed E-state index contributed by atoms with van der Waals surface area (Å²) in [6, 6.07) is 1.61. The molecule has 1 aromatic rings. The number of pyridine rings is 1. The van der Waals surface area contributed by atoms with Crippen molar-refractivity contribution in [3.05, 3.63) is 18.0 Å². The molecule has 0 unspecified atom stereocenters. The number of anilines is 2. The van der Waals surface area contributed by atoms with Crippen molar-refractivity contribution in [1.29, 1.82) is 0 Å². The standard InChI is InChI=1S/C15H23N3O2/c1-15(2,3)20-14(19)12-9-11(16)13(10-17-12)18-7-5-4-6-8-18/h9-10H,4-8H2,1-3H3,(H2,16,17). The Morgan fingerprint density at radius 1 is 1.30 bits per heavy atom. The Bertz CT molecular complexity index is 488. The summed E-state index contributed by atoms with van der Waals surface area (Å²) in [4.78, 5) is 18.4. The first-order valence-electron chi connectivity index (χ1n) is 7.10. The molecule has 1 saturated heterocycles. The lowest BCUT2D eigenvalue weighted by molar-refractivity contribution is 0.00629. The van der Waals surface area contributed by atoms with Gasteiger partial charge in [-0.05, 0) is 46.1 Å². The number of rotatable bonds is 2. The first kappa shape index (κ1) is 14.6. The van der Waals surface area contributed by atoms with Gasteiger partial charge in [0, 0.05) is 13.1 Å². The molecule has 0 spiro atoms. The fourth-order valence-electron chi connectivity index (χ4n) is 2.30. The van der Waals surface area contributed by atoms with Gasteiger partial charge in [0.25, 0.3) is 0 Å². The Balaban J connectivity index is 2.14. The van der Waals surface area contributed by atoms with Gasteiger partial charge < -0.3 is 15.4 Å². The Labute approximate surface area is 120 Å². The van der Waals surface area contributed by atoms with E-state index < -0.39 is 11.6 Å². The predicted octanol–water partition coefficient (Wildman–Crippen LogP) is 2.61. The Kier molecular flexibility index (Phi) is 4.16. The first-order valence-corrected chi connectivity index (χ1v) is 7.10. The fraction of sp³-hybridized carbons (Fsp3) is 0.600. The lowest BCUT2D eigenvalue weighted by Gasteiger charge is -2.29. The van der Waals surface area contributed by atoms with Crippen LogP contribution in [0.1, 0.15) is 50.5 Å². The number of carbonyl (C=O) groups excluding carboxylic acids is 1. The Hall–Kier alpha value is -1.78. The van der Waals surface area contributed by atoms with Crippen LogP contribution in [0.5, 0.6) is 0 Å². The maximum Gasteiger partial charge on any atom is 0.357 e. The number of nitrogen functional groups attached to an aromatic ring is 1. The second-order valence-corrected chi connectivity index (χ2v) is 6.18. The second-order valence-electron chi connectivity index (χ2n) is 6.18. The number of nitrogens with two attached hydrogens (primary N) is 1. The molecule has 20 heavy (non-hydrogen) atoms. The Morgan fingerprint density at radius 2 is 1.95 bits per heavy atom. The number of ether oxygens (including phenoxy) is 1. The summed E-state index contributed by atoms with van der Waals surface area (Å²) in [5.74, 6) is -0.436. The van der Waals surface area contributed by atoms with E-state index >= 15 is 0 Å². The van der Waals surface area contributed by atoms with E-state index in [2.05, 4.69) is 9.88 Å². The molecule has 2 rings (SSSR count). The number of carbonyl (C=O) groups is 1. The summed E-state index contributed by atoms with van der Waals surface area (Å²) in [6.07, 6.45) is 5.29. The molecule has 0 aliphatic carbocycles. The monoisotopic (exact) mass is 277 g/mol. The molecular formula is C15H23N3O2.